The monoisotopic (exact) mass is 361 g/mol. The predicted octanol–water partition coefficient (Wildman–Crippen LogP) is -0.131. The lowest BCUT2D eigenvalue weighted by Crippen LogP contribution is -2.47. The van der Waals surface area contributed by atoms with Gasteiger partial charge in [-0.25, -0.2) is 13.1 Å². The number of carbonyl (C=O) groups excluding carboxylic acids is 1. The van der Waals surface area contributed by atoms with E-state index in [1.165, 1.54) is 0 Å². The van der Waals surface area contributed by atoms with E-state index in [0.29, 0.717) is 25.9 Å². The minimum absolute atomic E-state index is 0.0912. The van der Waals surface area contributed by atoms with Crippen LogP contribution >= 0.6 is 0 Å². The van der Waals surface area contributed by atoms with Crippen molar-refractivity contribution in [3.05, 3.63) is 0 Å². The number of nitrogens with two attached hydrogens (primary N) is 1. The fourth-order valence-corrected chi connectivity index (χ4v) is 3.39. The topological polar surface area (TPSA) is 117 Å². The molecule has 1 aliphatic rings. The Morgan fingerprint density at radius 2 is 2.12 bits per heavy atom. The summed E-state index contributed by atoms with van der Waals surface area (Å²) in [5.41, 5.74) is 5.30. The number of primary amides is 1. The molecular formula is C15H31N5O3S. The third-order valence-electron chi connectivity index (χ3n) is 3.94. The van der Waals surface area contributed by atoms with Gasteiger partial charge in [-0.3, -0.25) is 9.79 Å². The van der Waals surface area contributed by atoms with Crippen LogP contribution in [0.25, 0.3) is 0 Å². The van der Waals surface area contributed by atoms with E-state index in [-0.39, 0.29) is 17.6 Å². The summed E-state index contributed by atoms with van der Waals surface area (Å²) in [5, 5.41) is 3.27. The molecule has 4 N–H and O–H groups in total. The van der Waals surface area contributed by atoms with Gasteiger partial charge in [-0.15, -0.1) is 0 Å². The van der Waals surface area contributed by atoms with E-state index in [0.717, 1.165) is 38.4 Å². The number of amides is 1. The highest BCUT2D eigenvalue weighted by molar-refractivity contribution is 7.89. The summed E-state index contributed by atoms with van der Waals surface area (Å²) in [6.45, 7) is 7.01. The molecule has 0 aromatic heterocycles. The standard InChI is InChI=1S/C15H31N5O3S/c1-3-17-15(18-8-6-9-19-24(22,23)4-2)20-10-5-7-13(12-20)11-14(16)21/h13,19H,3-12H2,1-2H3,(H2,16,21)(H,17,18). The van der Waals surface area contributed by atoms with Crippen LogP contribution in [0.4, 0.5) is 0 Å². The fraction of sp³-hybridized carbons (Fsp3) is 0.867. The summed E-state index contributed by atoms with van der Waals surface area (Å²) in [5.74, 6) is 0.932. The number of rotatable bonds is 9. The molecule has 0 aromatic rings. The molecule has 0 bridgehead atoms. The number of guanidine groups is 1. The number of nitrogens with zero attached hydrogens (tertiary/aromatic N) is 2. The fourth-order valence-electron chi connectivity index (χ4n) is 2.73. The average molecular weight is 362 g/mol. The van der Waals surface area contributed by atoms with E-state index in [9.17, 15) is 13.2 Å². The van der Waals surface area contributed by atoms with E-state index in [1.807, 2.05) is 6.92 Å². The van der Waals surface area contributed by atoms with Gasteiger partial charge in [-0.05, 0) is 39.0 Å². The molecule has 140 valence electrons. The molecule has 0 aromatic carbocycles. The molecule has 1 fully saturated rings. The minimum atomic E-state index is -3.14. The summed E-state index contributed by atoms with van der Waals surface area (Å²) < 4.78 is 25.3. The van der Waals surface area contributed by atoms with Crippen molar-refractivity contribution in [1.82, 2.24) is 14.9 Å². The van der Waals surface area contributed by atoms with Crippen LogP contribution in [0.2, 0.25) is 0 Å². The zero-order chi connectivity index (χ0) is 18.0. The first-order valence-corrected chi connectivity index (χ1v) is 10.3. The molecule has 0 aliphatic carbocycles. The Morgan fingerprint density at radius 3 is 2.75 bits per heavy atom. The van der Waals surface area contributed by atoms with Crippen molar-refractivity contribution in [2.45, 2.75) is 39.5 Å². The van der Waals surface area contributed by atoms with Crippen LogP contribution in [-0.2, 0) is 14.8 Å². The van der Waals surface area contributed by atoms with Crippen molar-refractivity contribution in [3.8, 4) is 0 Å². The number of hydrogen-bond donors (Lipinski definition) is 3. The molecular weight excluding hydrogens is 330 g/mol. The molecule has 1 rings (SSSR count). The zero-order valence-corrected chi connectivity index (χ0v) is 15.6. The Kier molecular flexibility index (Phi) is 9.05. The van der Waals surface area contributed by atoms with Crippen LogP contribution in [-0.4, -0.2) is 63.7 Å². The van der Waals surface area contributed by atoms with Crippen LogP contribution in [0.15, 0.2) is 4.99 Å². The van der Waals surface area contributed by atoms with Gasteiger partial charge in [0.1, 0.15) is 0 Å². The second-order valence-electron chi connectivity index (χ2n) is 6.01. The maximum absolute atomic E-state index is 11.4. The van der Waals surface area contributed by atoms with Gasteiger partial charge in [0.05, 0.1) is 5.75 Å². The maximum atomic E-state index is 11.4. The highest BCUT2D eigenvalue weighted by atomic mass is 32.2. The van der Waals surface area contributed by atoms with Crippen LogP contribution < -0.4 is 15.8 Å². The number of hydrogen-bond acceptors (Lipinski definition) is 4. The summed E-state index contributed by atoms with van der Waals surface area (Å²) in [6.07, 6.45) is 3.08. The molecule has 1 heterocycles. The number of aliphatic imine (C=N–C) groups is 1. The highest BCUT2D eigenvalue weighted by Crippen LogP contribution is 2.19. The molecule has 1 unspecified atom stereocenters. The third kappa shape index (κ3) is 7.96. The largest absolute Gasteiger partial charge is 0.370 e. The molecule has 0 spiro atoms. The van der Waals surface area contributed by atoms with Gasteiger partial charge in [0.2, 0.25) is 15.9 Å². The lowest BCUT2D eigenvalue weighted by atomic mass is 9.95. The van der Waals surface area contributed by atoms with Gasteiger partial charge in [0.25, 0.3) is 0 Å². The van der Waals surface area contributed by atoms with Crippen molar-refractivity contribution >= 4 is 21.9 Å². The summed E-state index contributed by atoms with van der Waals surface area (Å²) in [4.78, 5) is 17.9. The zero-order valence-electron chi connectivity index (χ0n) is 14.8. The van der Waals surface area contributed by atoms with Crippen molar-refractivity contribution in [2.75, 3.05) is 38.5 Å². The molecule has 1 amide bonds. The first-order chi connectivity index (χ1) is 11.4. The lowest BCUT2D eigenvalue weighted by molar-refractivity contribution is -0.119. The van der Waals surface area contributed by atoms with Crippen molar-refractivity contribution in [2.24, 2.45) is 16.6 Å². The molecule has 8 nitrogen and oxygen atoms in total. The van der Waals surface area contributed by atoms with Gasteiger partial charge < -0.3 is 16.0 Å². The van der Waals surface area contributed by atoms with Gasteiger partial charge in [0, 0.05) is 39.1 Å². The summed E-state index contributed by atoms with van der Waals surface area (Å²) >= 11 is 0. The smallest absolute Gasteiger partial charge is 0.217 e. The molecule has 24 heavy (non-hydrogen) atoms. The first-order valence-electron chi connectivity index (χ1n) is 8.66. The second-order valence-corrected chi connectivity index (χ2v) is 8.11. The SMILES string of the molecule is CCNC(=NCCCNS(=O)(=O)CC)N1CCCC(CC(N)=O)C1. The molecule has 1 atom stereocenters. The Hall–Kier alpha value is -1.35. The summed E-state index contributed by atoms with van der Waals surface area (Å²) in [7, 11) is -3.14. The van der Waals surface area contributed by atoms with Crippen LogP contribution in [0.5, 0.6) is 0 Å². The number of carbonyl (C=O) groups is 1. The van der Waals surface area contributed by atoms with E-state index in [1.54, 1.807) is 6.92 Å². The average Bonchev–Trinajstić information content (AvgIpc) is 2.53. The molecule has 1 aliphatic heterocycles. The normalized spacial score (nSPS) is 19.3. The van der Waals surface area contributed by atoms with Crippen LogP contribution in [0, 0.1) is 5.92 Å². The Balaban J connectivity index is 2.50. The number of nitrogens with one attached hydrogen (secondary N) is 2. The highest BCUT2D eigenvalue weighted by Gasteiger charge is 2.23. The number of sulfonamides is 1. The Bertz CT molecular complexity index is 521. The van der Waals surface area contributed by atoms with Gasteiger partial charge in [-0.1, -0.05) is 0 Å². The van der Waals surface area contributed by atoms with E-state index in [2.05, 4.69) is 19.9 Å². The minimum Gasteiger partial charge on any atom is -0.370 e. The van der Waals surface area contributed by atoms with E-state index < -0.39 is 10.0 Å². The van der Waals surface area contributed by atoms with Gasteiger partial charge >= 0.3 is 0 Å². The van der Waals surface area contributed by atoms with Gasteiger partial charge in [-0.2, -0.15) is 0 Å². The van der Waals surface area contributed by atoms with Crippen LogP contribution in [0.1, 0.15) is 39.5 Å². The molecule has 9 heteroatoms. The Morgan fingerprint density at radius 1 is 1.38 bits per heavy atom. The van der Waals surface area contributed by atoms with E-state index in [4.69, 9.17) is 5.73 Å². The Labute approximate surface area is 145 Å². The molecule has 1 saturated heterocycles. The molecule has 0 radical (unpaired) electrons. The predicted molar refractivity (Wildman–Crippen MR) is 96.2 cm³/mol. The lowest BCUT2D eigenvalue weighted by Gasteiger charge is -2.34. The van der Waals surface area contributed by atoms with Crippen molar-refractivity contribution in [3.63, 3.8) is 0 Å². The van der Waals surface area contributed by atoms with E-state index >= 15 is 0 Å². The van der Waals surface area contributed by atoms with Crippen molar-refractivity contribution < 1.29 is 13.2 Å². The summed E-state index contributed by atoms with van der Waals surface area (Å²) in [6, 6.07) is 0. The third-order valence-corrected chi connectivity index (χ3v) is 5.35. The maximum Gasteiger partial charge on any atom is 0.217 e. The quantitative estimate of drug-likeness (QED) is 0.300. The number of likely N-dealkylation sites (tertiary alicyclic amines) is 1. The van der Waals surface area contributed by atoms with Crippen LogP contribution in [0.3, 0.4) is 0 Å². The van der Waals surface area contributed by atoms with Crippen molar-refractivity contribution in [1.29, 1.82) is 0 Å². The van der Waals surface area contributed by atoms with Gasteiger partial charge in [0.15, 0.2) is 5.96 Å². The first kappa shape index (κ1) is 20.7. The molecule has 0 saturated carbocycles. The number of piperidine rings is 1. The second kappa shape index (κ2) is 10.5.